The monoisotopic (exact) mass is 361 g/mol. The first kappa shape index (κ1) is 20.8. The van der Waals surface area contributed by atoms with Gasteiger partial charge in [-0.25, -0.2) is 0 Å². The lowest BCUT2D eigenvalue weighted by Gasteiger charge is -2.25. The van der Waals surface area contributed by atoms with E-state index in [1.165, 1.54) is 0 Å². The summed E-state index contributed by atoms with van der Waals surface area (Å²) < 4.78 is 37.5. The van der Waals surface area contributed by atoms with E-state index in [0.29, 0.717) is 6.92 Å². The summed E-state index contributed by atoms with van der Waals surface area (Å²) in [6, 6.07) is 6.55. The number of halogens is 3. The number of amides is 2. The van der Waals surface area contributed by atoms with E-state index < -0.39 is 30.0 Å². The third-order valence-corrected chi connectivity index (χ3v) is 3.69. The van der Waals surface area contributed by atoms with Crippen LogP contribution < -0.4 is 15.8 Å². The molecule has 1 rings (SSSR count). The Morgan fingerprint density at radius 1 is 1.08 bits per heavy atom. The predicted octanol–water partition coefficient (Wildman–Crippen LogP) is 2.00. The average molecular weight is 361 g/mol. The molecule has 0 aromatic heterocycles. The minimum Gasteiger partial charge on any atom is -0.380 e. The molecule has 0 saturated heterocycles. The van der Waals surface area contributed by atoms with E-state index in [1.54, 1.807) is 24.3 Å². The summed E-state index contributed by atoms with van der Waals surface area (Å²) in [7, 11) is 0. The average Bonchev–Trinajstić information content (AvgIpc) is 2.53. The topological polar surface area (TPSA) is 81.7 Å². The van der Waals surface area contributed by atoms with Crippen LogP contribution in [0.1, 0.15) is 37.6 Å². The van der Waals surface area contributed by atoms with Crippen LogP contribution in [-0.4, -0.2) is 41.8 Å². The van der Waals surface area contributed by atoms with E-state index in [-0.39, 0.29) is 5.56 Å². The van der Waals surface area contributed by atoms with Crippen molar-refractivity contribution >= 4 is 17.5 Å². The second-order valence-corrected chi connectivity index (χ2v) is 5.67. The van der Waals surface area contributed by atoms with E-state index in [4.69, 9.17) is 0 Å². The molecule has 140 valence electrons. The Labute approximate surface area is 144 Å². The van der Waals surface area contributed by atoms with E-state index in [2.05, 4.69) is 4.90 Å². The molecule has 1 atom stereocenters. The Kier molecular flexibility index (Phi) is 6.80. The number of hydrogen-bond acceptors (Lipinski definition) is 4. The van der Waals surface area contributed by atoms with Gasteiger partial charge in [0.2, 0.25) is 5.91 Å². The van der Waals surface area contributed by atoms with E-state index in [9.17, 15) is 27.9 Å². The molecule has 0 bridgehead atoms. The van der Waals surface area contributed by atoms with Crippen LogP contribution in [0.4, 0.5) is 18.9 Å². The van der Waals surface area contributed by atoms with E-state index in [1.807, 2.05) is 24.7 Å². The zero-order valence-corrected chi connectivity index (χ0v) is 14.3. The van der Waals surface area contributed by atoms with Gasteiger partial charge in [-0.1, -0.05) is 0 Å². The van der Waals surface area contributed by atoms with Gasteiger partial charge >= 0.3 is 6.18 Å². The van der Waals surface area contributed by atoms with Crippen LogP contribution in [0.15, 0.2) is 24.3 Å². The van der Waals surface area contributed by atoms with E-state index in [0.717, 1.165) is 18.8 Å². The van der Waals surface area contributed by atoms with E-state index >= 15 is 0 Å². The van der Waals surface area contributed by atoms with Crippen LogP contribution in [0, 0.1) is 0 Å². The van der Waals surface area contributed by atoms with Gasteiger partial charge in [0.05, 0.1) is 6.42 Å². The molecule has 0 aliphatic heterocycles. The number of nitrogens with one attached hydrogen (secondary N) is 2. The molecule has 1 aromatic carbocycles. The van der Waals surface area contributed by atoms with Crippen molar-refractivity contribution in [2.24, 2.45) is 0 Å². The van der Waals surface area contributed by atoms with Gasteiger partial charge in [0.15, 0.2) is 5.60 Å². The number of carbonyl (C=O) groups excluding carboxylic acids is 2. The highest BCUT2D eigenvalue weighted by molar-refractivity contribution is 5.95. The highest BCUT2D eigenvalue weighted by Crippen LogP contribution is 2.32. The zero-order chi connectivity index (χ0) is 19.3. The Hall–Kier alpha value is -2.29. The quantitative estimate of drug-likeness (QED) is 0.677. The summed E-state index contributed by atoms with van der Waals surface area (Å²) in [4.78, 5) is 25.4. The summed E-state index contributed by atoms with van der Waals surface area (Å²) in [6.45, 7) is 6.08. The van der Waals surface area contributed by atoms with Crippen LogP contribution in [-0.2, 0) is 4.79 Å². The lowest BCUT2D eigenvalue weighted by atomic mass is 10.0. The molecular formula is C16H22F3N3O3. The van der Waals surface area contributed by atoms with Gasteiger partial charge in [-0.3, -0.25) is 20.4 Å². The number of anilines is 1. The number of rotatable bonds is 6. The maximum Gasteiger partial charge on any atom is 0.417 e. The Morgan fingerprint density at radius 2 is 1.60 bits per heavy atom. The second kappa shape index (κ2) is 8.19. The lowest BCUT2D eigenvalue weighted by Crippen LogP contribution is -2.49. The molecule has 0 fully saturated rings. The van der Waals surface area contributed by atoms with Crippen LogP contribution in [0.3, 0.4) is 0 Å². The highest BCUT2D eigenvalue weighted by Gasteiger charge is 2.51. The summed E-state index contributed by atoms with van der Waals surface area (Å²) in [5.41, 5.74) is 1.86. The van der Waals surface area contributed by atoms with Gasteiger partial charge in [-0.15, -0.1) is 0 Å². The van der Waals surface area contributed by atoms with Crippen LogP contribution in [0.25, 0.3) is 0 Å². The first-order chi connectivity index (χ1) is 11.5. The van der Waals surface area contributed by atoms with Crippen molar-refractivity contribution in [2.45, 2.75) is 39.0 Å². The molecule has 1 aromatic rings. The second-order valence-electron chi connectivity index (χ2n) is 5.67. The maximum absolute atomic E-state index is 12.5. The maximum atomic E-state index is 12.5. The number of aliphatic hydroxyl groups is 1. The minimum absolute atomic E-state index is 0.235. The molecule has 9 heteroatoms. The predicted molar refractivity (Wildman–Crippen MR) is 86.9 cm³/mol. The third kappa shape index (κ3) is 5.63. The molecule has 0 saturated carbocycles. The van der Waals surface area contributed by atoms with Crippen LogP contribution in [0.5, 0.6) is 0 Å². The summed E-state index contributed by atoms with van der Waals surface area (Å²) in [5, 5.41) is 9.23. The largest absolute Gasteiger partial charge is 0.417 e. The number of carbonyl (C=O) groups is 2. The third-order valence-electron chi connectivity index (χ3n) is 3.69. The number of hydrogen-bond donors (Lipinski definition) is 3. The normalized spacial score (nSPS) is 13.7. The van der Waals surface area contributed by atoms with Crippen molar-refractivity contribution < 1.29 is 27.9 Å². The minimum atomic E-state index is -4.95. The molecule has 0 radical (unpaired) electrons. The molecule has 3 N–H and O–H groups in total. The van der Waals surface area contributed by atoms with Crippen molar-refractivity contribution in [3.63, 3.8) is 0 Å². The Morgan fingerprint density at radius 3 is 2.04 bits per heavy atom. The first-order valence-electron chi connectivity index (χ1n) is 7.75. The lowest BCUT2D eigenvalue weighted by molar-refractivity contribution is -0.253. The van der Waals surface area contributed by atoms with Crippen molar-refractivity contribution in [1.82, 2.24) is 10.9 Å². The molecule has 0 unspecified atom stereocenters. The SMILES string of the molecule is CCN(CC)c1ccc(C(=O)NNC(=O)C[C@@](C)(O)C(F)(F)F)cc1. The molecule has 2 amide bonds. The fourth-order valence-corrected chi connectivity index (χ4v) is 2.07. The standard InChI is InChI=1S/C16H22F3N3O3/c1-4-22(5-2)12-8-6-11(7-9-12)14(24)21-20-13(23)10-15(3,25)16(17,18)19/h6-9,25H,4-5,10H2,1-3H3,(H,20,23)(H,21,24)/t15-/m1/s1. The van der Waals surface area contributed by atoms with Crippen molar-refractivity contribution in [2.75, 3.05) is 18.0 Å². The number of alkyl halides is 3. The molecule has 0 aliphatic rings. The van der Waals surface area contributed by atoms with Gasteiger partial charge in [0, 0.05) is 24.3 Å². The molecule has 6 nitrogen and oxygen atoms in total. The molecule has 0 aliphatic carbocycles. The molecular weight excluding hydrogens is 339 g/mol. The van der Waals surface area contributed by atoms with Gasteiger partial charge in [0.25, 0.3) is 5.91 Å². The van der Waals surface area contributed by atoms with Gasteiger partial charge in [-0.2, -0.15) is 13.2 Å². The summed E-state index contributed by atoms with van der Waals surface area (Å²) >= 11 is 0. The van der Waals surface area contributed by atoms with Gasteiger partial charge in [0.1, 0.15) is 0 Å². The first-order valence-corrected chi connectivity index (χ1v) is 7.75. The van der Waals surface area contributed by atoms with Gasteiger partial charge < -0.3 is 10.0 Å². The van der Waals surface area contributed by atoms with Crippen LogP contribution in [0.2, 0.25) is 0 Å². The van der Waals surface area contributed by atoms with Crippen molar-refractivity contribution in [1.29, 1.82) is 0 Å². The summed E-state index contributed by atoms with van der Waals surface area (Å²) in [6.07, 6.45) is -6.17. The van der Waals surface area contributed by atoms with Crippen molar-refractivity contribution in [3.05, 3.63) is 29.8 Å². The van der Waals surface area contributed by atoms with Crippen LogP contribution >= 0.6 is 0 Å². The number of hydrazine groups is 1. The molecule has 25 heavy (non-hydrogen) atoms. The Bertz CT molecular complexity index is 597. The molecule has 0 spiro atoms. The molecule has 0 heterocycles. The number of nitrogens with zero attached hydrogens (tertiary/aromatic N) is 1. The fourth-order valence-electron chi connectivity index (χ4n) is 2.07. The Balaban J connectivity index is 2.61. The smallest absolute Gasteiger partial charge is 0.380 e. The van der Waals surface area contributed by atoms with Gasteiger partial charge in [-0.05, 0) is 45.0 Å². The summed E-state index contributed by atoms with van der Waals surface area (Å²) in [5.74, 6) is -1.83. The fraction of sp³-hybridized carbons (Fsp3) is 0.500. The highest BCUT2D eigenvalue weighted by atomic mass is 19.4. The zero-order valence-electron chi connectivity index (χ0n) is 14.3. The number of benzene rings is 1. The van der Waals surface area contributed by atoms with Crippen molar-refractivity contribution in [3.8, 4) is 0 Å².